The largest absolute Gasteiger partial charge is 0.348 e. The third-order valence-corrected chi connectivity index (χ3v) is 3.64. The number of rotatable bonds is 4. The summed E-state index contributed by atoms with van der Waals surface area (Å²) in [6, 6.07) is 16.5. The van der Waals surface area contributed by atoms with Gasteiger partial charge in [0.1, 0.15) is 6.04 Å². The Morgan fingerprint density at radius 3 is 2.40 bits per heavy atom. The molecule has 104 valence electrons. The van der Waals surface area contributed by atoms with E-state index < -0.39 is 6.04 Å². The molecule has 0 saturated heterocycles. The highest BCUT2D eigenvalue weighted by atomic mass is 79.9. The van der Waals surface area contributed by atoms with Crippen molar-refractivity contribution < 1.29 is 4.79 Å². The third-order valence-electron chi connectivity index (χ3n) is 3.15. The molecule has 0 aliphatic carbocycles. The van der Waals surface area contributed by atoms with Crippen LogP contribution in [0.15, 0.2) is 59.1 Å². The highest BCUT2D eigenvalue weighted by molar-refractivity contribution is 9.10. The van der Waals surface area contributed by atoms with E-state index in [2.05, 4.69) is 21.2 Å². The second-order valence-corrected chi connectivity index (χ2v) is 5.59. The second-order valence-electron chi connectivity index (χ2n) is 4.67. The summed E-state index contributed by atoms with van der Waals surface area (Å²) in [5.41, 5.74) is 7.82. The monoisotopic (exact) mass is 332 g/mol. The SMILES string of the molecule is C[C@H](NC(=O)[C@H](N)c1ccccc1)c1cccc(Br)c1. The molecule has 1 amide bonds. The summed E-state index contributed by atoms with van der Waals surface area (Å²) in [7, 11) is 0. The molecular weight excluding hydrogens is 316 g/mol. The van der Waals surface area contributed by atoms with E-state index in [1.165, 1.54) is 0 Å². The number of carbonyl (C=O) groups excluding carboxylic acids is 1. The van der Waals surface area contributed by atoms with Gasteiger partial charge in [0.2, 0.25) is 5.91 Å². The lowest BCUT2D eigenvalue weighted by Gasteiger charge is -2.18. The van der Waals surface area contributed by atoms with Crippen molar-refractivity contribution in [2.75, 3.05) is 0 Å². The van der Waals surface area contributed by atoms with Crippen LogP contribution >= 0.6 is 15.9 Å². The van der Waals surface area contributed by atoms with Crippen molar-refractivity contribution in [1.82, 2.24) is 5.32 Å². The van der Waals surface area contributed by atoms with Crippen LogP contribution < -0.4 is 11.1 Å². The molecule has 2 aromatic rings. The number of halogens is 1. The summed E-state index contributed by atoms with van der Waals surface area (Å²) in [6.45, 7) is 1.94. The Labute approximate surface area is 127 Å². The Morgan fingerprint density at radius 2 is 1.75 bits per heavy atom. The van der Waals surface area contributed by atoms with Crippen molar-refractivity contribution in [3.05, 3.63) is 70.2 Å². The maximum Gasteiger partial charge on any atom is 0.241 e. The van der Waals surface area contributed by atoms with Crippen LogP contribution in [0, 0.1) is 0 Å². The molecule has 3 nitrogen and oxygen atoms in total. The summed E-state index contributed by atoms with van der Waals surface area (Å²) in [5.74, 6) is -0.177. The van der Waals surface area contributed by atoms with Gasteiger partial charge in [0.25, 0.3) is 0 Å². The van der Waals surface area contributed by atoms with E-state index in [4.69, 9.17) is 5.73 Å². The summed E-state index contributed by atoms with van der Waals surface area (Å²) in [6.07, 6.45) is 0. The van der Waals surface area contributed by atoms with Crippen LogP contribution in [-0.4, -0.2) is 5.91 Å². The Hall–Kier alpha value is -1.65. The Morgan fingerprint density at radius 1 is 1.10 bits per heavy atom. The molecule has 0 unspecified atom stereocenters. The maximum absolute atomic E-state index is 12.2. The standard InChI is InChI=1S/C16H17BrN2O/c1-11(13-8-5-9-14(17)10-13)19-16(20)15(18)12-6-3-2-4-7-12/h2-11,15H,18H2,1H3,(H,19,20)/t11-,15+/m0/s1. The molecule has 0 heterocycles. The molecule has 0 bridgehead atoms. The summed E-state index contributed by atoms with van der Waals surface area (Å²) in [5, 5.41) is 2.94. The lowest BCUT2D eigenvalue weighted by Crippen LogP contribution is -2.35. The average Bonchev–Trinajstić information content (AvgIpc) is 2.47. The predicted molar refractivity (Wildman–Crippen MR) is 84.1 cm³/mol. The van der Waals surface area contributed by atoms with E-state index in [9.17, 15) is 4.79 Å². The Kier molecular flexibility index (Phi) is 4.93. The van der Waals surface area contributed by atoms with Crippen molar-refractivity contribution >= 4 is 21.8 Å². The topological polar surface area (TPSA) is 55.1 Å². The minimum atomic E-state index is -0.647. The van der Waals surface area contributed by atoms with Gasteiger partial charge in [-0.25, -0.2) is 0 Å². The van der Waals surface area contributed by atoms with Gasteiger partial charge in [0.15, 0.2) is 0 Å². The molecule has 4 heteroatoms. The van der Waals surface area contributed by atoms with Gasteiger partial charge < -0.3 is 11.1 Å². The first-order chi connectivity index (χ1) is 9.58. The van der Waals surface area contributed by atoms with Gasteiger partial charge in [0.05, 0.1) is 6.04 Å². The van der Waals surface area contributed by atoms with Crippen LogP contribution in [0.3, 0.4) is 0 Å². The third kappa shape index (κ3) is 3.68. The molecule has 2 atom stereocenters. The van der Waals surface area contributed by atoms with Crippen molar-refractivity contribution in [3.8, 4) is 0 Å². The Balaban J connectivity index is 2.04. The van der Waals surface area contributed by atoms with E-state index in [0.29, 0.717) is 0 Å². The van der Waals surface area contributed by atoms with Gasteiger partial charge in [-0.1, -0.05) is 58.4 Å². The van der Waals surface area contributed by atoms with Crippen molar-refractivity contribution in [1.29, 1.82) is 0 Å². The Bertz CT molecular complexity index is 586. The molecule has 2 rings (SSSR count). The summed E-state index contributed by atoms with van der Waals surface area (Å²) >= 11 is 3.42. The zero-order valence-corrected chi connectivity index (χ0v) is 12.8. The van der Waals surface area contributed by atoms with Gasteiger partial charge in [-0.05, 0) is 30.2 Å². The summed E-state index contributed by atoms with van der Waals surface area (Å²) < 4.78 is 0.989. The summed E-state index contributed by atoms with van der Waals surface area (Å²) in [4.78, 5) is 12.2. The first-order valence-corrected chi connectivity index (χ1v) is 7.23. The number of benzene rings is 2. The fourth-order valence-electron chi connectivity index (χ4n) is 1.97. The minimum Gasteiger partial charge on any atom is -0.348 e. The molecule has 0 fully saturated rings. The molecule has 0 radical (unpaired) electrons. The highest BCUT2D eigenvalue weighted by Gasteiger charge is 2.18. The number of amides is 1. The van der Waals surface area contributed by atoms with Crippen LogP contribution in [0.4, 0.5) is 0 Å². The second kappa shape index (κ2) is 6.68. The van der Waals surface area contributed by atoms with Crippen molar-refractivity contribution in [2.45, 2.75) is 19.0 Å². The van der Waals surface area contributed by atoms with Gasteiger partial charge in [-0.2, -0.15) is 0 Å². The normalized spacial score (nSPS) is 13.6. The first kappa shape index (κ1) is 14.8. The quantitative estimate of drug-likeness (QED) is 0.902. The van der Waals surface area contributed by atoms with Gasteiger partial charge in [-0.15, -0.1) is 0 Å². The smallest absolute Gasteiger partial charge is 0.241 e. The molecule has 0 aromatic heterocycles. The van der Waals surface area contributed by atoms with Crippen LogP contribution in [0.1, 0.15) is 30.1 Å². The number of carbonyl (C=O) groups is 1. The van der Waals surface area contributed by atoms with Crippen LogP contribution in [0.2, 0.25) is 0 Å². The molecule has 0 spiro atoms. The van der Waals surface area contributed by atoms with Crippen LogP contribution in [-0.2, 0) is 4.79 Å². The van der Waals surface area contributed by atoms with E-state index in [1.54, 1.807) is 0 Å². The predicted octanol–water partition coefficient (Wildman–Crippen LogP) is 3.33. The minimum absolute atomic E-state index is 0.0882. The van der Waals surface area contributed by atoms with Gasteiger partial charge in [0, 0.05) is 4.47 Å². The van der Waals surface area contributed by atoms with Crippen LogP contribution in [0.5, 0.6) is 0 Å². The number of nitrogens with one attached hydrogen (secondary N) is 1. The van der Waals surface area contributed by atoms with Gasteiger partial charge in [-0.3, -0.25) is 4.79 Å². The van der Waals surface area contributed by atoms with E-state index in [0.717, 1.165) is 15.6 Å². The highest BCUT2D eigenvalue weighted by Crippen LogP contribution is 2.19. The fourth-order valence-corrected chi connectivity index (χ4v) is 2.39. The zero-order chi connectivity index (χ0) is 14.5. The molecule has 0 aliphatic heterocycles. The molecule has 20 heavy (non-hydrogen) atoms. The first-order valence-electron chi connectivity index (χ1n) is 6.44. The lowest BCUT2D eigenvalue weighted by molar-refractivity contribution is -0.123. The lowest BCUT2D eigenvalue weighted by atomic mass is 10.1. The molecule has 2 aromatic carbocycles. The molecule has 0 saturated carbocycles. The van der Waals surface area contributed by atoms with Gasteiger partial charge >= 0.3 is 0 Å². The van der Waals surface area contributed by atoms with E-state index >= 15 is 0 Å². The molecular formula is C16H17BrN2O. The van der Waals surface area contributed by atoms with E-state index in [-0.39, 0.29) is 11.9 Å². The van der Waals surface area contributed by atoms with Crippen LogP contribution in [0.25, 0.3) is 0 Å². The fraction of sp³-hybridized carbons (Fsp3) is 0.188. The average molecular weight is 333 g/mol. The number of hydrogen-bond acceptors (Lipinski definition) is 2. The zero-order valence-electron chi connectivity index (χ0n) is 11.2. The van der Waals surface area contributed by atoms with Crippen molar-refractivity contribution in [2.24, 2.45) is 5.73 Å². The molecule has 3 N–H and O–H groups in total. The van der Waals surface area contributed by atoms with Crippen molar-refractivity contribution in [3.63, 3.8) is 0 Å². The molecule has 0 aliphatic rings. The number of nitrogens with two attached hydrogens (primary N) is 1. The maximum atomic E-state index is 12.2. The van der Waals surface area contributed by atoms with E-state index in [1.807, 2.05) is 61.5 Å². The number of hydrogen-bond donors (Lipinski definition) is 2.